The summed E-state index contributed by atoms with van der Waals surface area (Å²) in [6.45, 7) is 2.53. The topological polar surface area (TPSA) is 54.9 Å². The summed E-state index contributed by atoms with van der Waals surface area (Å²) in [5, 5.41) is 0. The molecule has 0 N–H and O–H groups in total. The van der Waals surface area contributed by atoms with Gasteiger partial charge in [0, 0.05) is 18.4 Å². The van der Waals surface area contributed by atoms with Gasteiger partial charge in [-0.25, -0.2) is 9.37 Å². The number of morpholine rings is 1. The second-order valence-corrected chi connectivity index (χ2v) is 6.59. The van der Waals surface area contributed by atoms with Gasteiger partial charge in [-0.05, 0) is 36.4 Å². The number of hydrogen-bond donors (Lipinski definition) is 0. The first kappa shape index (κ1) is 16.9. The predicted octanol–water partition coefficient (Wildman–Crippen LogP) is 1.86. The second-order valence-electron chi connectivity index (χ2n) is 6.59. The van der Waals surface area contributed by atoms with Crippen LogP contribution in [0.2, 0.25) is 0 Å². The van der Waals surface area contributed by atoms with E-state index in [4.69, 9.17) is 9.47 Å². The number of halogens is 1. The summed E-state index contributed by atoms with van der Waals surface area (Å²) in [4.78, 5) is 20.6. The molecule has 1 spiro atoms. The molecule has 26 heavy (non-hydrogen) atoms. The lowest BCUT2D eigenvalue weighted by Crippen LogP contribution is -2.61. The van der Waals surface area contributed by atoms with Crippen LogP contribution in [-0.4, -0.2) is 55.9 Å². The van der Waals surface area contributed by atoms with Gasteiger partial charge in [-0.1, -0.05) is 6.07 Å². The van der Waals surface area contributed by atoms with Crippen molar-refractivity contribution in [3.8, 4) is 0 Å². The van der Waals surface area contributed by atoms with Crippen LogP contribution in [0.3, 0.4) is 0 Å². The molecule has 3 heterocycles. The summed E-state index contributed by atoms with van der Waals surface area (Å²) < 4.78 is 25.0. The highest BCUT2D eigenvalue weighted by molar-refractivity contribution is 5.95. The van der Waals surface area contributed by atoms with Crippen LogP contribution in [0.15, 0.2) is 48.7 Å². The number of anilines is 2. The normalized spacial score (nSPS) is 24.0. The third-order valence-corrected chi connectivity index (χ3v) is 4.71. The van der Waals surface area contributed by atoms with Gasteiger partial charge in [-0.2, -0.15) is 0 Å². The van der Waals surface area contributed by atoms with Gasteiger partial charge in [0.1, 0.15) is 23.8 Å². The Hall–Kier alpha value is -2.51. The van der Waals surface area contributed by atoms with Crippen LogP contribution in [0.5, 0.6) is 0 Å². The zero-order chi connectivity index (χ0) is 18.0. The van der Waals surface area contributed by atoms with Crippen molar-refractivity contribution in [1.82, 2.24) is 4.98 Å². The SMILES string of the molecule is O=C1COC2(COCCN(c3ccccn3)C2)CN1c1ccc(F)cc1. The van der Waals surface area contributed by atoms with Crippen LogP contribution < -0.4 is 9.80 Å². The maximum absolute atomic E-state index is 13.2. The van der Waals surface area contributed by atoms with E-state index in [0.717, 1.165) is 5.82 Å². The van der Waals surface area contributed by atoms with Gasteiger partial charge in [0.2, 0.25) is 0 Å². The molecule has 2 aliphatic heterocycles. The van der Waals surface area contributed by atoms with Crippen LogP contribution in [0.1, 0.15) is 0 Å². The Kier molecular flexibility index (Phi) is 4.57. The van der Waals surface area contributed by atoms with Gasteiger partial charge >= 0.3 is 0 Å². The number of pyridine rings is 1. The highest BCUT2D eigenvalue weighted by atomic mass is 19.1. The summed E-state index contributed by atoms with van der Waals surface area (Å²) in [7, 11) is 0. The largest absolute Gasteiger partial charge is 0.376 e. The molecule has 2 fully saturated rings. The number of carbonyl (C=O) groups is 1. The van der Waals surface area contributed by atoms with E-state index in [0.29, 0.717) is 38.5 Å². The molecule has 0 radical (unpaired) electrons. The molecular formula is C19H20FN3O3. The monoisotopic (exact) mass is 357 g/mol. The zero-order valence-electron chi connectivity index (χ0n) is 14.3. The fourth-order valence-corrected chi connectivity index (χ4v) is 3.40. The Morgan fingerprint density at radius 1 is 1.12 bits per heavy atom. The molecule has 1 aromatic heterocycles. The number of hydrogen-bond acceptors (Lipinski definition) is 5. The number of aromatic nitrogens is 1. The average Bonchev–Trinajstić information content (AvgIpc) is 2.88. The number of rotatable bonds is 2. The number of ether oxygens (including phenoxy) is 2. The third-order valence-electron chi connectivity index (χ3n) is 4.71. The van der Waals surface area contributed by atoms with Gasteiger partial charge in [-0.15, -0.1) is 0 Å². The van der Waals surface area contributed by atoms with Crippen LogP contribution in [0.25, 0.3) is 0 Å². The molecule has 1 atom stereocenters. The van der Waals surface area contributed by atoms with Gasteiger partial charge < -0.3 is 19.3 Å². The van der Waals surface area contributed by atoms with E-state index in [2.05, 4.69) is 9.88 Å². The molecule has 1 unspecified atom stereocenters. The zero-order valence-corrected chi connectivity index (χ0v) is 14.3. The molecule has 0 aliphatic carbocycles. The second kappa shape index (κ2) is 7.01. The fourth-order valence-electron chi connectivity index (χ4n) is 3.40. The van der Waals surface area contributed by atoms with Gasteiger partial charge in [-0.3, -0.25) is 4.79 Å². The van der Waals surface area contributed by atoms with Crippen molar-refractivity contribution < 1.29 is 18.7 Å². The average molecular weight is 357 g/mol. The Labute approximate surface area is 151 Å². The van der Waals surface area contributed by atoms with E-state index in [1.807, 2.05) is 18.2 Å². The third kappa shape index (κ3) is 3.40. The lowest BCUT2D eigenvalue weighted by Gasteiger charge is -2.43. The molecule has 0 bridgehead atoms. The minimum atomic E-state index is -0.656. The van der Waals surface area contributed by atoms with Crippen molar-refractivity contribution in [3.05, 3.63) is 54.5 Å². The van der Waals surface area contributed by atoms with Crippen molar-refractivity contribution in [2.75, 3.05) is 49.3 Å². The molecule has 7 heteroatoms. The van der Waals surface area contributed by atoms with E-state index in [-0.39, 0.29) is 18.3 Å². The Morgan fingerprint density at radius 3 is 2.73 bits per heavy atom. The van der Waals surface area contributed by atoms with Crippen LogP contribution in [0, 0.1) is 5.82 Å². The molecular weight excluding hydrogens is 337 g/mol. The van der Waals surface area contributed by atoms with E-state index in [1.165, 1.54) is 12.1 Å². The van der Waals surface area contributed by atoms with Gasteiger partial charge in [0.25, 0.3) is 5.91 Å². The highest BCUT2D eigenvalue weighted by Gasteiger charge is 2.43. The summed E-state index contributed by atoms with van der Waals surface area (Å²) in [6.07, 6.45) is 1.75. The van der Waals surface area contributed by atoms with Crippen LogP contribution in [-0.2, 0) is 14.3 Å². The van der Waals surface area contributed by atoms with Crippen molar-refractivity contribution in [2.45, 2.75) is 5.60 Å². The molecule has 6 nitrogen and oxygen atoms in total. The first-order valence-corrected chi connectivity index (χ1v) is 8.59. The lowest BCUT2D eigenvalue weighted by molar-refractivity contribution is -0.143. The summed E-state index contributed by atoms with van der Waals surface area (Å²) in [6, 6.07) is 11.7. The Morgan fingerprint density at radius 2 is 1.96 bits per heavy atom. The maximum atomic E-state index is 13.2. The molecule has 0 saturated carbocycles. The summed E-state index contributed by atoms with van der Waals surface area (Å²) >= 11 is 0. The van der Waals surface area contributed by atoms with Gasteiger partial charge in [0.15, 0.2) is 0 Å². The van der Waals surface area contributed by atoms with Gasteiger partial charge in [0.05, 0.1) is 26.3 Å². The Balaban J connectivity index is 1.59. The highest BCUT2D eigenvalue weighted by Crippen LogP contribution is 2.28. The predicted molar refractivity (Wildman–Crippen MR) is 94.7 cm³/mol. The molecule has 136 valence electrons. The van der Waals surface area contributed by atoms with Crippen LogP contribution >= 0.6 is 0 Å². The quantitative estimate of drug-likeness (QED) is 0.821. The first-order valence-electron chi connectivity index (χ1n) is 8.59. The first-order chi connectivity index (χ1) is 12.7. The van der Waals surface area contributed by atoms with E-state index in [1.54, 1.807) is 23.2 Å². The number of benzene rings is 1. The van der Waals surface area contributed by atoms with Crippen molar-refractivity contribution in [3.63, 3.8) is 0 Å². The molecule has 2 aromatic rings. The van der Waals surface area contributed by atoms with Crippen LogP contribution in [0.4, 0.5) is 15.9 Å². The molecule has 1 aromatic carbocycles. The maximum Gasteiger partial charge on any atom is 0.253 e. The van der Waals surface area contributed by atoms with E-state index >= 15 is 0 Å². The smallest absolute Gasteiger partial charge is 0.253 e. The summed E-state index contributed by atoms with van der Waals surface area (Å²) in [5.41, 5.74) is 0.00348. The van der Waals surface area contributed by atoms with E-state index < -0.39 is 5.60 Å². The minimum Gasteiger partial charge on any atom is -0.376 e. The molecule has 4 rings (SSSR count). The number of amides is 1. The molecule has 1 amide bonds. The molecule has 2 aliphatic rings. The van der Waals surface area contributed by atoms with E-state index in [9.17, 15) is 9.18 Å². The minimum absolute atomic E-state index is 0.0310. The standard InChI is InChI=1S/C19H20FN3O3/c20-15-4-6-16(7-5-15)23-13-19(26-11-18(23)24)12-22(9-10-25-14-19)17-3-1-2-8-21-17/h1-8H,9-14H2. The lowest BCUT2D eigenvalue weighted by atomic mass is 10.0. The number of carbonyl (C=O) groups excluding carboxylic acids is 1. The van der Waals surface area contributed by atoms with Crippen molar-refractivity contribution >= 4 is 17.4 Å². The summed E-state index contributed by atoms with van der Waals surface area (Å²) in [5.74, 6) is 0.380. The Bertz CT molecular complexity index is 771. The van der Waals surface area contributed by atoms with Crippen molar-refractivity contribution in [1.29, 1.82) is 0 Å². The van der Waals surface area contributed by atoms with Crippen molar-refractivity contribution in [2.24, 2.45) is 0 Å². The fraction of sp³-hybridized carbons (Fsp3) is 0.368. The number of nitrogens with zero attached hydrogens (tertiary/aromatic N) is 3. The molecule has 2 saturated heterocycles.